The van der Waals surface area contributed by atoms with Crippen LogP contribution in [-0.2, 0) is 9.47 Å². The zero-order valence-corrected chi connectivity index (χ0v) is 15.8. The van der Waals surface area contributed by atoms with Crippen molar-refractivity contribution in [3.8, 4) is 11.5 Å². The number of rotatable bonds is 5. The molecular weight excluding hydrogens is 352 g/mol. The monoisotopic (exact) mass is 376 g/mol. The van der Waals surface area contributed by atoms with E-state index in [2.05, 4.69) is 0 Å². The van der Waals surface area contributed by atoms with Crippen LogP contribution in [-0.4, -0.2) is 25.7 Å². The van der Waals surface area contributed by atoms with Gasteiger partial charge in [0.1, 0.15) is 11.3 Å². The first-order valence-electron chi connectivity index (χ1n) is 9.14. The third kappa shape index (κ3) is 4.80. The number of hydrogen-bond donors (Lipinski definition) is 0. The lowest BCUT2D eigenvalue weighted by Crippen LogP contribution is -2.25. The Labute approximate surface area is 157 Å². The third-order valence-corrected chi connectivity index (χ3v) is 4.20. The predicted octanol–water partition coefficient (Wildman–Crippen LogP) is 4.18. The van der Waals surface area contributed by atoms with E-state index in [1.807, 2.05) is 13.8 Å². The molecule has 0 spiro atoms. The number of carbonyl (C=O) groups excluding carboxylic acids is 1. The van der Waals surface area contributed by atoms with Crippen LogP contribution in [0.2, 0.25) is 0 Å². The highest BCUT2D eigenvalue weighted by atomic mass is 16.7. The number of carbonyl (C=O) groups is 1. The quantitative estimate of drug-likeness (QED) is 0.572. The number of ether oxygens (including phenoxy) is 4. The van der Waals surface area contributed by atoms with E-state index in [4.69, 9.17) is 23.4 Å². The van der Waals surface area contributed by atoms with Crippen LogP contribution in [0.5, 0.6) is 11.5 Å². The van der Waals surface area contributed by atoms with E-state index in [1.165, 1.54) is 0 Å². The number of fused-ring (bicyclic) bond motifs is 1. The molecule has 0 aliphatic carbocycles. The topological polar surface area (TPSA) is 84.2 Å². The summed E-state index contributed by atoms with van der Waals surface area (Å²) < 4.78 is 27.1. The molecule has 1 aliphatic heterocycles. The molecule has 1 fully saturated rings. The van der Waals surface area contributed by atoms with Gasteiger partial charge in [0.05, 0.1) is 24.7 Å². The lowest BCUT2D eigenvalue weighted by molar-refractivity contribution is -0.106. The molecule has 1 aromatic heterocycles. The van der Waals surface area contributed by atoms with Gasteiger partial charge in [-0.3, -0.25) is 0 Å². The van der Waals surface area contributed by atoms with Crippen LogP contribution in [0.1, 0.15) is 38.7 Å². The molecule has 1 saturated heterocycles. The normalized spacial score (nSPS) is 17.1. The summed E-state index contributed by atoms with van der Waals surface area (Å²) in [5.74, 6) is 0.842. The molecule has 0 bridgehead atoms. The fourth-order valence-electron chi connectivity index (χ4n) is 2.83. The first kappa shape index (κ1) is 19.2. The van der Waals surface area contributed by atoms with Gasteiger partial charge in [0.25, 0.3) is 0 Å². The fourth-order valence-corrected chi connectivity index (χ4v) is 2.83. The highest BCUT2D eigenvalue weighted by Gasteiger charge is 2.20. The molecule has 2 aromatic rings. The fraction of sp³-hybridized carbons (Fsp3) is 0.500. The van der Waals surface area contributed by atoms with E-state index >= 15 is 0 Å². The number of benzene rings is 1. The van der Waals surface area contributed by atoms with E-state index in [-0.39, 0.29) is 24.6 Å². The second kappa shape index (κ2) is 8.43. The molecule has 7 nitrogen and oxygen atoms in total. The Morgan fingerprint density at radius 3 is 2.78 bits per heavy atom. The van der Waals surface area contributed by atoms with Gasteiger partial charge < -0.3 is 23.4 Å². The van der Waals surface area contributed by atoms with Crippen molar-refractivity contribution in [2.24, 2.45) is 5.92 Å². The molecule has 146 valence electrons. The van der Waals surface area contributed by atoms with E-state index < -0.39 is 11.8 Å². The summed E-state index contributed by atoms with van der Waals surface area (Å²) in [6, 6.07) is 4.57. The van der Waals surface area contributed by atoms with Crippen molar-refractivity contribution >= 4 is 17.1 Å². The Morgan fingerprint density at radius 2 is 2.07 bits per heavy atom. The zero-order chi connectivity index (χ0) is 19.4. The van der Waals surface area contributed by atoms with Crippen LogP contribution in [0.25, 0.3) is 11.0 Å². The smallest absolute Gasteiger partial charge is 0.465 e. The maximum atomic E-state index is 11.9. The minimum absolute atomic E-state index is 0.0959. The van der Waals surface area contributed by atoms with Crippen LogP contribution in [0.3, 0.4) is 0 Å². The number of hydrogen-bond acceptors (Lipinski definition) is 7. The summed E-state index contributed by atoms with van der Waals surface area (Å²) in [5.41, 5.74) is 0.325. The minimum atomic E-state index is -0.857. The van der Waals surface area contributed by atoms with Crippen LogP contribution < -0.4 is 15.1 Å². The molecule has 1 atom stereocenters. The van der Waals surface area contributed by atoms with Crippen molar-refractivity contribution in [3.63, 3.8) is 0 Å². The molecule has 1 aromatic carbocycles. The average Bonchev–Trinajstić information content (AvgIpc) is 2.63. The Balaban J connectivity index is 1.87. The van der Waals surface area contributed by atoms with Crippen molar-refractivity contribution in [2.45, 2.75) is 46.3 Å². The highest BCUT2D eigenvalue weighted by Crippen LogP contribution is 2.33. The molecule has 2 heterocycles. The minimum Gasteiger partial charge on any atom is -0.465 e. The summed E-state index contributed by atoms with van der Waals surface area (Å²) >= 11 is 0. The molecule has 1 unspecified atom stereocenters. The first-order chi connectivity index (χ1) is 12.9. The van der Waals surface area contributed by atoms with E-state index in [1.54, 1.807) is 19.1 Å². The van der Waals surface area contributed by atoms with Gasteiger partial charge in [-0.05, 0) is 37.8 Å². The van der Waals surface area contributed by atoms with Gasteiger partial charge >= 0.3 is 11.8 Å². The summed E-state index contributed by atoms with van der Waals surface area (Å²) in [4.78, 5) is 23.8. The molecule has 1 aliphatic rings. The van der Waals surface area contributed by atoms with Crippen molar-refractivity contribution < 1.29 is 28.2 Å². The third-order valence-electron chi connectivity index (χ3n) is 4.20. The molecule has 0 saturated carbocycles. The Hall–Kier alpha value is -2.54. The number of aryl methyl sites for hydroxylation is 1. The summed E-state index contributed by atoms with van der Waals surface area (Å²) in [6.07, 6.45) is 1.71. The van der Waals surface area contributed by atoms with Gasteiger partial charge in [0.15, 0.2) is 12.0 Å². The van der Waals surface area contributed by atoms with Crippen molar-refractivity contribution in [3.05, 3.63) is 34.2 Å². The van der Waals surface area contributed by atoms with Crippen LogP contribution in [0.15, 0.2) is 27.4 Å². The van der Waals surface area contributed by atoms with Crippen molar-refractivity contribution in [2.75, 3.05) is 13.2 Å². The van der Waals surface area contributed by atoms with Crippen molar-refractivity contribution in [1.82, 2.24) is 0 Å². The van der Waals surface area contributed by atoms with E-state index in [0.29, 0.717) is 28.9 Å². The molecule has 7 heteroatoms. The van der Waals surface area contributed by atoms with Gasteiger partial charge in [-0.25, -0.2) is 9.59 Å². The molecule has 3 rings (SSSR count). The lowest BCUT2D eigenvalue weighted by atomic mass is 10.1. The van der Waals surface area contributed by atoms with E-state index in [9.17, 15) is 9.59 Å². The van der Waals surface area contributed by atoms with Crippen LogP contribution in [0, 0.1) is 12.8 Å². The summed E-state index contributed by atoms with van der Waals surface area (Å²) in [6.45, 7) is 6.52. The summed E-state index contributed by atoms with van der Waals surface area (Å²) in [5, 5.41) is 0.491. The first-order valence-corrected chi connectivity index (χ1v) is 9.14. The molecular formula is C20H24O7. The standard InChI is InChI=1S/C20H24O7/c1-12(2)11-24-20(22)26-16-10-17(21)27-19-13(3)15(8-7-14(16)19)25-18-6-4-5-9-23-18/h7-8,10,12,18H,4-6,9,11H2,1-3H3. The van der Waals surface area contributed by atoms with Gasteiger partial charge in [-0.15, -0.1) is 0 Å². The predicted molar refractivity (Wildman–Crippen MR) is 98.3 cm³/mol. The lowest BCUT2D eigenvalue weighted by Gasteiger charge is -2.24. The SMILES string of the molecule is Cc1c(OC2CCCCO2)ccc2c(OC(=O)OCC(C)C)cc(=O)oc12. The van der Waals surface area contributed by atoms with Gasteiger partial charge in [-0.1, -0.05) is 13.8 Å². The van der Waals surface area contributed by atoms with Gasteiger partial charge in [0.2, 0.25) is 0 Å². The Bertz CT molecular complexity index is 862. The zero-order valence-electron chi connectivity index (χ0n) is 15.8. The average molecular weight is 376 g/mol. The van der Waals surface area contributed by atoms with Crippen LogP contribution in [0.4, 0.5) is 4.79 Å². The highest BCUT2D eigenvalue weighted by molar-refractivity contribution is 5.88. The summed E-state index contributed by atoms with van der Waals surface area (Å²) in [7, 11) is 0. The largest absolute Gasteiger partial charge is 0.513 e. The molecule has 0 amide bonds. The molecule has 0 N–H and O–H groups in total. The second-order valence-corrected chi connectivity index (χ2v) is 6.97. The second-order valence-electron chi connectivity index (χ2n) is 6.97. The Kier molecular flexibility index (Phi) is 6.01. The van der Waals surface area contributed by atoms with Crippen LogP contribution >= 0.6 is 0 Å². The molecule has 0 radical (unpaired) electrons. The maximum absolute atomic E-state index is 11.9. The van der Waals surface area contributed by atoms with Gasteiger partial charge in [-0.2, -0.15) is 0 Å². The maximum Gasteiger partial charge on any atom is 0.513 e. The van der Waals surface area contributed by atoms with Gasteiger partial charge in [0, 0.05) is 12.0 Å². The Morgan fingerprint density at radius 1 is 1.26 bits per heavy atom. The van der Waals surface area contributed by atoms with Crippen molar-refractivity contribution in [1.29, 1.82) is 0 Å². The molecule has 27 heavy (non-hydrogen) atoms. The van der Waals surface area contributed by atoms with E-state index in [0.717, 1.165) is 25.3 Å².